The maximum atomic E-state index is 11.5. The maximum absolute atomic E-state index is 11.5. The summed E-state index contributed by atoms with van der Waals surface area (Å²) in [5.41, 5.74) is 0.656. The maximum Gasteiger partial charge on any atom is 0.326 e. The third kappa shape index (κ3) is 2.74. The summed E-state index contributed by atoms with van der Waals surface area (Å²) in [6.45, 7) is 0. The molecule has 2 rings (SSSR count). The van der Waals surface area contributed by atoms with E-state index in [0.29, 0.717) is 5.69 Å². The van der Waals surface area contributed by atoms with Gasteiger partial charge in [0.2, 0.25) is 5.95 Å². The van der Waals surface area contributed by atoms with Gasteiger partial charge in [0.05, 0.1) is 0 Å². The van der Waals surface area contributed by atoms with Crippen molar-refractivity contribution in [1.82, 2.24) is 15.0 Å². The largest absolute Gasteiger partial charge is 0.326 e. The van der Waals surface area contributed by atoms with E-state index in [1.54, 1.807) is 43.0 Å². The van der Waals surface area contributed by atoms with E-state index in [-0.39, 0.29) is 5.95 Å². The number of aromatic nitrogens is 3. The number of nitrogens with zero attached hydrogens (tertiary/aromatic N) is 3. The highest BCUT2D eigenvalue weighted by Gasteiger charge is 2.02. The Labute approximate surface area is 91.8 Å². The lowest BCUT2D eigenvalue weighted by Gasteiger charge is -2.04. The highest BCUT2D eigenvalue weighted by Crippen LogP contribution is 2.03. The smallest absolute Gasteiger partial charge is 0.308 e. The minimum absolute atomic E-state index is 0.258. The molecule has 0 aromatic carbocycles. The lowest BCUT2D eigenvalue weighted by Crippen LogP contribution is -2.20. The van der Waals surface area contributed by atoms with Crippen LogP contribution in [0.2, 0.25) is 0 Å². The molecule has 0 saturated heterocycles. The van der Waals surface area contributed by atoms with E-state index < -0.39 is 6.03 Å². The van der Waals surface area contributed by atoms with Gasteiger partial charge < -0.3 is 5.32 Å². The van der Waals surface area contributed by atoms with Crippen LogP contribution in [0.25, 0.3) is 0 Å². The van der Waals surface area contributed by atoms with E-state index in [0.717, 1.165) is 0 Å². The number of rotatable bonds is 2. The summed E-state index contributed by atoms with van der Waals surface area (Å²) in [7, 11) is 0. The van der Waals surface area contributed by atoms with Gasteiger partial charge in [0.15, 0.2) is 0 Å². The monoisotopic (exact) mass is 215 g/mol. The fourth-order valence-electron chi connectivity index (χ4n) is 1.06. The standard InChI is InChI=1S/C10H9N5O/c16-10(14-8-2-6-11-7-3-8)15-9-12-4-1-5-13-9/h1-7H,(H2,11,12,13,14,15,16). The third-order valence-electron chi connectivity index (χ3n) is 1.73. The molecule has 0 atom stereocenters. The van der Waals surface area contributed by atoms with Crippen LogP contribution in [0.1, 0.15) is 0 Å². The zero-order valence-electron chi connectivity index (χ0n) is 8.29. The molecule has 2 heterocycles. The minimum atomic E-state index is -0.391. The zero-order chi connectivity index (χ0) is 11.2. The summed E-state index contributed by atoms with van der Waals surface area (Å²) < 4.78 is 0. The van der Waals surface area contributed by atoms with Gasteiger partial charge in [0.1, 0.15) is 0 Å². The Morgan fingerprint density at radius 3 is 2.38 bits per heavy atom. The number of pyridine rings is 1. The number of amides is 2. The van der Waals surface area contributed by atoms with Crippen molar-refractivity contribution in [1.29, 1.82) is 0 Å². The summed E-state index contributed by atoms with van der Waals surface area (Å²) in [6, 6.07) is 4.65. The SMILES string of the molecule is O=C(Nc1ccncc1)Nc1ncccn1. The van der Waals surface area contributed by atoms with Crippen LogP contribution in [0.4, 0.5) is 16.4 Å². The summed E-state index contributed by atoms with van der Waals surface area (Å²) in [4.78, 5) is 23.0. The van der Waals surface area contributed by atoms with Gasteiger partial charge in [0, 0.05) is 30.5 Å². The van der Waals surface area contributed by atoms with Crippen LogP contribution in [0, 0.1) is 0 Å². The first-order valence-corrected chi connectivity index (χ1v) is 4.59. The number of hydrogen-bond acceptors (Lipinski definition) is 4. The molecular weight excluding hydrogens is 206 g/mol. The molecule has 0 aliphatic heterocycles. The van der Waals surface area contributed by atoms with Crippen LogP contribution >= 0.6 is 0 Å². The molecule has 2 aromatic rings. The van der Waals surface area contributed by atoms with Crippen molar-refractivity contribution in [3.8, 4) is 0 Å². The Balaban J connectivity index is 1.95. The van der Waals surface area contributed by atoms with Gasteiger partial charge in [0.25, 0.3) is 0 Å². The molecule has 0 aliphatic rings. The zero-order valence-corrected chi connectivity index (χ0v) is 8.29. The van der Waals surface area contributed by atoms with E-state index in [4.69, 9.17) is 0 Å². The van der Waals surface area contributed by atoms with Crippen molar-refractivity contribution in [3.63, 3.8) is 0 Å². The van der Waals surface area contributed by atoms with Crippen LogP contribution in [-0.4, -0.2) is 21.0 Å². The normalized spacial score (nSPS) is 9.50. The predicted molar refractivity (Wildman–Crippen MR) is 58.9 cm³/mol. The minimum Gasteiger partial charge on any atom is -0.308 e. The van der Waals surface area contributed by atoms with Crippen molar-refractivity contribution >= 4 is 17.7 Å². The second kappa shape index (κ2) is 4.83. The molecule has 16 heavy (non-hydrogen) atoms. The van der Waals surface area contributed by atoms with Crippen LogP contribution in [0.3, 0.4) is 0 Å². The molecule has 0 saturated carbocycles. The second-order valence-corrected chi connectivity index (χ2v) is 2.89. The topological polar surface area (TPSA) is 79.8 Å². The summed E-state index contributed by atoms with van der Waals surface area (Å²) in [6.07, 6.45) is 6.29. The van der Waals surface area contributed by atoms with Crippen molar-refractivity contribution in [2.24, 2.45) is 0 Å². The van der Waals surface area contributed by atoms with Gasteiger partial charge in [-0.1, -0.05) is 0 Å². The van der Waals surface area contributed by atoms with Gasteiger partial charge in [-0.15, -0.1) is 0 Å². The number of carbonyl (C=O) groups excluding carboxylic acids is 1. The average Bonchev–Trinajstić information content (AvgIpc) is 2.31. The van der Waals surface area contributed by atoms with Crippen molar-refractivity contribution in [3.05, 3.63) is 43.0 Å². The molecule has 6 heteroatoms. The van der Waals surface area contributed by atoms with E-state index in [2.05, 4.69) is 25.6 Å². The Morgan fingerprint density at radius 1 is 1.00 bits per heavy atom. The average molecular weight is 215 g/mol. The number of carbonyl (C=O) groups is 1. The first kappa shape index (κ1) is 10.0. The molecule has 0 bridgehead atoms. The molecule has 2 N–H and O–H groups in total. The predicted octanol–water partition coefficient (Wildman–Crippen LogP) is 1.52. The number of anilines is 2. The number of hydrogen-bond donors (Lipinski definition) is 2. The molecule has 2 aromatic heterocycles. The molecular formula is C10H9N5O. The quantitative estimate of drug-likeness (QED) is 0.795. The molecule has 2 amide bonds. The van der Waals surface area contributed by atoms with E-state index >= 15 is 0 Å². The van der Waals surface area contributed by atoms with Gasteiger partial charge in [-0.05, 0) is 18.2 Å². The van der Waals surface area contributed by atoms with Crippen molar-refractivity contribution in [2.75, 3.05) is 10.6 Å². The molecule has 0 fully saturated rings. The molecule has 0 radical (unpaired) electrons. The fraction of sp³-hybridized carbons (Fsp3) is 0. The molecule has 80 valence electrons. The first-order valence-electron chi connectivity index (χ1n) is 4.59. The molecule has 0 aliphatic carbocycles. The van der Waals surface area contributed by atoms with E-state index in [1.165, 1.54) is 0 Å². The molecule has 0 unspecified atom stereocenters. The fourth-order valence-corrected chi connectivity index (χ4v) is 1.06. The van der Waals surface area contributed by atoms with E-state index in [1.807, 2.05) is 0 Å². The third-order valence-corrected chi connectivity index (χ3v) is 1.73. The van der Waals surface area contributed by atoms with Crippen LogP contribution in [0.5, 0.6) is 0 Å². The molecule has 6 nitrogen and oxygen atoms in total. The Hall–Kier alpha value is -2.50. The van der Waals surface area contributed by atoms with Gasteiger partial charge >= 0.3 is 6.03 Å². The lowest BCUT2D eigenvalue weighted by molar-refractivity contribution is 0.262. The van der Waals surface area contributed by atoms with Crippen molar-refractivity contribution in [2.45, 2.75) is 0 Å². The number of urea groups is 1. The molecule has 0 spiro atoms. The first-order chi connectivity index (χ1) is 7.84. The van der Waals surface area contributed by atoms with Gasteiger partial charge in [-0.25, -0.2) is 14.8 Å². The Bertz CT molecular complexity index is 416. The Morgan fingerprint density at radius 2 is 1.69 bits per heavy atom. The summed E-state index contributed by atoms with van der Waals surface area (Å²) in [5.74, 6) is 0.258. The summed E-state index contributed by atoms with van der Waals surface area (Å²) >= 11 is 0. The van der Waals surface area contributed by atoms with Gasteiger partial charge in [-0.3, -0.25) is 10.3 Å². The van der Waals surface area contributed by atoms with Crippen molar-refractivity contribution < 1.29 is 4.79 Å². The highest BCUT2D eigenvalue weighted by molar-refractivity contribution is 5.98. The Kier molecular flexibility index (Phi) is 3.03. The lowest BCUT2D eigenvalue weighted by atomic mass is 10.4. The van der Waals surface area contributed by atoms with E-state index in [9.17, 15) is 4.79 Å². The van der Waals surface area contributed by atoms with Gasteiger partial charge in [-0.2, -0.15) is 0 Å². The highest BCUT2D eigenvalue weighted by atomic mass is 16.2. The van der Waals surface area contributed by atoms with Crippen LogP contribution < -0.4 is 10.6 Å². The number of nitrogens with one attached hydrogen (secondary N) is 2. The van der Waals surface area contributed by atoms with Crippen LogP contribution in [-0.2, 0) is 0 Å². The van der Waals surface area contributed by atoms with Crippen LogP contribution in [0.15, 0.2) is 43.0 Å². The second-order valence-electron chi connectivity index (χ2n) is 2.89. The summed E-state index contributed by atoms with van der Waals surface area (Å²) in [5, 5.41) is 5.12.